The summed E-state index contributed by atoms with van der Waals surface area (Å²) in [6.07, 6.45) is 4.85. The van der Waals surface area contributed by atoms with E-state index in [0.29, 0.717) is 28.5 Å². The van der Waals surface area contributed by atoms with Crippen LogP contribution < -0.4 is 35.9 Å². The molecule has 40 heavy (non-hydrogen) atoms. The zero-order chi connectivity index (χ0) is 28.8. The number of nitrogens with two attached hydrogens (primary N) is 2. The molecular formula is C28H33N5O6S. The van der Waals surface area contributed by atoms with Gasteiger partial charge in [-0.1, -0.05) is 25.3 Å². The van der Waals surface area contributed by atoms with E-state index in [1.807, 2.05) is 0 Å². The van der Waals surface area contributed by atoms with Crippen molar-refractivity contribution in [1.29, 1.82) is 0 Å². The molecular weight excluding hydrogens is 534 g/mol. The molecule has 0 radical (unpaired) electrons. The van der Waals surface area contributed by atoms with Gasteiger partial charge in [-0.3, -0.25) is 19.3 Å². The Labute approximate surface area is 236 Å². The first-order valence-corrected chi connectivity index (χ1v) is 13.6. The zero-order valence-electron chi connectivity index (χ0n) is 22.6. The number of hydrogen-bond donors (Lipinski definition) is 3. The second-order valence-corrected chi connectivity index (χ2v) is 10.1. The average Bonchev–Trinajstić information content (AvgIpc) is 3.37. The topological polar surface area (TPSA) is 159 Å². The number of carbonyl (C=O) groups is 3. The number of carbonyl (C=O) groups excluding carboxylic acids is 3. The summed E-state index contributed by atoms with van der Waals surface area (Å²) in [7, 11) is 4.54. The minimum atomic E-state index is -1.14. The van der Waals surface area contributed by atoms with Crippen LogP contribution in [-0.2, 0) is 4.79 Å². The highest BCUT2D eigenvalue weighted by Gasteiger charge is 2.37. The van der Waals surface area contributed by atoms with Crippen molar-refractivity contribution in [2.45, 2.75) is 44.2 Å². The number of nitrogen functional groups attached to an aromatic ring is 1. The Morgan fingerprint density at radius 1 is 0.975 bits per heavy atom. The van der Waals surface area contributed by atoms with E-state index < -0.39 is 17.9 Å². The van der Waals surface area contributed by atoms with E-state index in [9.17, 15) is 14.4 Å². The van der Waals surface area contributed by atoms with Crippen molar-refractivity contribution in [1.82, 2.24) is 9.69 Å². The number of hydrogen-bond acceptors (Lipinski definition) is 9. The summed E-state index contributed by atoms with van der Waals surface area (Å²) in [5.74, 6) is -0.412. The molecule has 1 heterocycles. The molecule has 3 amide bonds. The maximum atomic E-state index is 14.2. The van der Waals surface area contributed by atoms with Crippen LogP contribution in [0, 0.1) is 0 Å². The van der Waals surface area contributed by atoms with Gasteiger partial charge < -0.3 is 31.0 Å². The van der Waals surface area contributed by atoms with Gasteiger partial charge in [0.2, 0.25) is 5.91 Å². The number of amides is 3. The first kappa shape index (κ1) is 28.7. The van der Waals surface area contributed by atoms with Gasteiger partial charge in [0.15, 0.2) is 17.2 Å². The highest BCUT2D eigenvalue weighted by atomic mass is 32.1. The number of methoxy groups -OCH3 is 3. The number of nitrogens with zero attached hydrogens (tertiary/aromatic N) is 2. The van der Waals surface area contributed by atoms with E-state index in [1.165, 1.54) is 26.2 Å². The van der Waals surface area contributed by atoms with Gasteiger partial charge in [-0.25, -0.2) is 0 Å². The van der Waals surface area contributed by atoms with Crippen LogP contribution in [0.2, 0.25) is 0 Å². The molecule has 0 aliphatic heterocycles. The van der Waals surface area contributed by atoms with Crippen LogP contribution in [0.4, 0.5) is 11.4 Å². The van der Waals surface area contributed by atoms with Gasteiger partial charge in [0, 0.05) is 11.7 Å². The first-order chi connectivity index (χ1) is 19.3. The normalized spacial score (nSPS) is 14.2. The minimum Gasteiger partial charge on any atom is -0.497 e. The van der Waals surface area contributed by atoms with Gasteiger partial charge in [-0.05, 0) is 66.3 Å². The predicted octanol–water partition coefficient (Wildman–Crippen LogP) is 3.69. The fourth-order valence-electron chi connectivity index (χ4n) is 4.83. The van der Waals surface area contributed by atoms with Crippen LogP contribution in [0.15, 0.2) is 42.5 Å². The maximum Gasteiger partial charge on any atom is 0.273 e. The molecule has 1 atom stereocenters. The molecule has 1 aromatic heterocycles. The molecule has 0 bridgehead atoms. The molecule has 12 heteroatoms. The summed E-state index contributed by atoms with van der Waals surface area (Å²) < 4.78 is 20.2. The Hall–Kier alpha value is -4.32. The lowest BCUT2D eigenvalue weighted by atomic mass is 9.94. The molecule has 212 valence electrons. The van der Waals surface area contributed by atoms with Crippen LogP contribution in [-0.4, -0.2) is 49.5 Å². The van der Waals surface area contributed by atoms with Crippen LogP contribution in [0.25, 0.3) is 0 Å². The zero-order valence-corrected chi connectivity index (χ0v) is 23.5. The van der Waals surface area contributed by atoms with E-state index in [2.05, 4.69) is 9.69 Å². The smallest absolute Gasteiger partial charge is 0.273 e. The van der Waals surface area contributed by atoms with Crippen LogP contribution >= 0.6 is 11.5 Å². The Morgan fingerprint density at radius 3 is 2.23 bits per heavy atom. The Bertz CT molecular complexity index is 1370. The molecule has 0 unspecified atom stereocenters. The van der Waals surface area contributed by atoms with Crippen LogP contribution in [0.3, 0.4) is 0 Å². The standard InChI is InChI=1S/C28H33N5O6S/c1-37-19-12-10-18(11-13-19)33(28(36)25-22(29)23(26(30)34)32-40-25)24(27(35)31-17-7-5-4-6-8-17)16-9-14-20(38-2)21(15-16)39-3/h9-15,17,24H,4-8,29H2,1-3H3,(H2,30,34)(H,31,35)/t24-/m1/s1. The lowest BCUT2D eigenvalue weighted by Crippen LogP contribution is -2.47. The van der Waals surface area contributed by atoms with Gasteiger partial charge in [0.05, 0.1) is 27.0 Å². The monoisotopic (exact) mass is 567 g/mol. The molecule has 11 nitrogen and oxygen atoms in total. The van der Waals surface area contributed by atoms with Crippen molar-refractivity contribution >= 4 is 40.6 Å². The summed E-state index contributed by atoms with van der Waals surface area (Å²) >= 11 is 0.749. The third kappa shape index (κ3) is 5.96. The summed E-state index contributed by atoms with van der Waals surface area (Å²) in [6, 6.07) is 10.6. The molecule has 2 aromatic carbocycles. The molecule has 1 fully saturated rings. The molecule has 1 saturated carbocycles. The predicted molar refractivity (Wildman–Crippen MR) is 152 cm³/mol. The van der Waals surface area contributed by atoms with E-state index in [0.717, 1.165) is 43.6 Å². The fraction of sp³-hybridized carbons (Fsp3) is 0.357. The summed E-state index contributed by atoms with van der Waals surface area (Å²) in [4.78, 5) is 41.5. The molecule has 0 saturated heterocycles. The number of nitrogens with one attached hydrogen (secondary N) is 1. The highest BCUT2D eigenvalue weighted by molar-refractivity contribution is 7.09. The minimum absolute atomic E-state index is 0.0134. The maximum absolute atomic E-state index is 14.2. The third-order valence-corrected chi connectivity index (χ3v) is 7.76. The van der Waals surface area contributed by atoms with Crippen LogP contribution in [0.5, 0.6) is 17.2 Å². The van der Waals surface area contributed by atoms with Crippen LogP contribution in [0.1, 0.15) is 63.9 Å². The lowest BCUT2D eigenvalue weighted by molar-refractivity contribution is -0.123. The van der Waals surface area contributed by atoms with E-state index in [4.69, 9.17) is 25.7 Å². The largest absolute Gasteiger partial charge is 0.497 e. The van der Waals surface area contributed by atoms with Crippen molar-refractivity contribution in [3.8, 4) is 17.2 Å². The second kappa shape index (κ2) is 12.7. The summed E-state index contributed by atoms with van der Waals surface area (Å²) in [5, 5.41) is 3.15. The van der Waals surface area contributed by atoms with Gasteiger partial charge >= 0.3 is 0 Å². The van der Waals surface area contributed by atoms with Crippen molar-refractivity contribution in [3.05, 3.63) is 58.6 Å². The fourth-order valence-corrected chi connectivity index (χ4v) is 5.57. The molecule has 5 N–H and O–H groups in total. The number of primary amides is 1. The summed E-state index contributed by atoms with van der Waals surface area (Å²) in [5.41, 5.74) is 12.1. The van der Waals surface area contributed by atoms with Crippen molar-refractivity contribution < 1.29 is 28.6 Å². The SMILES string of the molecule is COc1ccc(N(C(=O)c2snc(C(N)=O)c2N)[C@@H](C(=O)NC2CCCCC2)c2ccc(OC)c(OC)c2)cc1. The van der Waals surface area contributed by atoms with E-state index in [-0.39, 0.29) is 28.2 Å². The van der Waals surface area contributed by atoms with Gasteiger partial charge in [0.25, 0.3) is 11.8 Å². The Balaban J connectivity index is 1.88. The highest BCUT2D eigenvalue weighted by Crippen LogP contribution is 2.37. The number of anilines is 2. The quantitative estimate of drug-likeness (QED) is 0.335. The van der Waals surface area contributed by atoms with Gasteiger partial charge in [-0.15, -0.1) is 0 Å². The van der Waals surface area contributed by atoms with E-state index in [1.54, 1.807) is 42.5 Å². The number of benzene rings is 2. The molecule has 4 rings (SSSR count). The number of rotatable bonds is 10. The second-order valence-electron chi connectivity index (χ2n) is 9.37. The Kier molecular flexibility index (Phi) is 9.10. The lowest BCUT2D eigenvalue weighted by Gasteiger charge is -2.33. The molecule has 1 aliphatic carbocycles. The Morgan fingerprint density at radius 2 is 1.65 bits per heavy atom. The van der Waals surface area contributed by atoms with Crippen molar-refractivity contribution in [2.24, 2.45) is 5.73 Å². The van der Waals surface area contributed by atoms with Crippen molar-refractivity contribution in [3.63, 3.8) is 0 Å². The average molecular weight is 568 g/mol. The molecule has 1 aliphatic rings. The number of aromatic nitrogens is 1. The third-order valence-electron chi connectivity index (χ3n) is 6.91. The van der Waals surface area contributed by atoms with Gasteiger partial charge in [-0.2, -0.15) is 4.37 Å². The summed E-state index contributed by atoms with van der Waals surface area (Å²) in [6.45, 7) is 0. The first-order valence-electron chi connectivity index (χ1n) is 12.8. The molecule has 3 aromatic rings. The molecule has 0 spiro atoms. The van der Waals surface area contributed by atoms with Gasteiger partial charge in [0.1, 0.15) is 16.7 Å². The number of ether oxygens (including phenoxy) is 3. The van der Waals surface area contributed by atoms with Crippen molar-refractivity contribution in [2.75, 3.05) is 32.0 Å². The van der Waals surface area contributed by atoms with E-state index >= 15 is 0 Å².